The zero-order chi connectivity index (χ0) is 6.69. The van der Waals surface area contributed by atoms with Crippen molar-refractivity contribution in [2.75, 3.05) is 6.54 Å². The van der Waals surface area contributed by atoms with Gasteiger partial charge >= 0.3 is 0 Å². The highest BCUT2D eigenvalue weighted by molar-refractivity contribution is 4.74. The van der Waals surface area contributed by atoms with Gasteiger partial charge in [-0.3, -0.25) is 0 Å². The summed E-state index contributed by atoms with van der Waals surface area (Å²) in [6.07, 6.45) is 4.15. The van der Waals surface area contributed by atoms with Gasteiger partial charge < -0.3 is 5.32 Å². The molecule has 0 aromatic rings. The lowest BCUT2D eigenvalue weighted by atomic mass is 10.0. The summed E-state index contributed by atoms with van der Waals surface area (Å²) in [4.78, 5) is 0. The molecule has 0 aromatic carbocycles. The summed E-state index contributed by atoms with van der Waals surface area (Å²) in [6, 6.07) is 0.838. The van der Waals surface area contributed by atoms with Gasteiger partial charge in [-0.2, -0.15) is 0 Å². The van der Waals surface area contributed by atoms with Gasteiger partial charge in [0.1, 0.15) is 0 Å². The Bertz CT molecular complexity index is 72.6. The summed E-state index contributed by atoms with van der Waals surface area (Å²) >= 11 is 0. The summed E-state index contributed by atoms with van der Waals surface area (Å²) in [5.41, 5.74) is 0. The van der Waals surface area contributed by atoms with Gasteiger partial charge in [-0.1, -0.05) is 13.8 Å². The second-order valence-corrected chi connectivity index (χ2v) is 3.42. The van der Waals surface area contributed by atoms with Crippen molar-refractivity contribution in [3.63, 3.8) is 0 Å². The molecule has 0 spiro atoms. The van der Waals surface area contributed by atoms with E-state index in [-0.39, 0.29) is 0 Å². The second kappa shape index (κ2) is 3.21. The van der Waals surface area contributed by atoms with Crippen LogP contribution in [-0.2, 0) is 0 Å². The number of nitrogens with one attached hydrogen (secondary N) is 1. The van der Waals surface area contributed by atoms with Gasteiger partial charge in [0.2, 0.25) is 0 Å². The van der Waals surface area contributed by atoms with Gasteiger partial charge in [0, 0.05) is 6.04 Å². The highest BCUT2D eigenvalue weighted by Crippen LogP contribution is 2.13. The topological polar surface area (TPSA) is 12.0 Å². The van der Waals surface area contributed by atoms with Crippen molar-refractivity contribution in [2.24, 2.45) is 5.92 Å². The molecule has 54 valence electrons. The van der Waals surface area contributed by atoms with E-state index in [2.05, 4.69) is 19.2 Å². The standard InChI is InChI=1S/C8H17N/c1-7(2)6-8-4-3-5-9-8/h7-9H,3-6H2,1-2H3/t8-/m0/s1. The van der Waals surface area contributed by atoms with E-state index < -0.39 is 0 Å². The molecule has 1 rings (SSSR count). The molecule has 1 aliphatic rings. The van der Waals surface area contributed by atoms with Crippen LogP contribution in [0.15, 0.2) is 0 Å². The lowest BCUT2D eigenvalue weighted by Crippen LogP contribution is -2.22. The predicted octanol–water partition coefficient (Wildman–Crippen LogP) is 1.78. The van der Waals surface area contributed by atoms with E-state index in [9.17, 15) is 0 Å². The molecule has 0 saturated carbocycles. The van der Waals surface area contributed by atoms with Crippen LogP contribution in [0.5, 0.6) is 0 Å². The predicted molar refractivity (Wildman–Crippen MR) is 40.5 cm³/mol. The minimum Gasteiger partial charge on any atom is -0.314 e. The Hall–Kier alpha value is -0.0400. The third kappa shape index (κ3) is 2.35. The molecule has 1 saturated heterocycles. The number of rotatable bonds is 2. The van der Waals surface area contributed by atoms with Crippen LogP contribution in [0.1, 0.15) is 33.1 Å². The van der Waals surface area contributed by atoms with Crippen LogP contribution in [0.25, 0.3) is 0 Å². The van der Waals surface area contributed by atoms with Crippen molar-refractivity contribution in [3.8, 4) is 0 Å². The van der Waals surface area contributed by atoms with Crippen LogP contribution in [0.3, 0.4) is 0 Å². The smallest absolute Gasteiger partial charge is 0.00699 e. The van der Waals surface area contributed by atoms with Crippen molar-refractivity contribution in [3.05, 3.63) is 0 Å². The highest BCUT2D eigenvalue weighted by atomic mass is 14.9. The van der Waals surface area contributed by atoms with E-state index in [0.29, 0.717) is 0 Å². The molecular weight excluding hydrogens is 110 g/mol. The summed E-state index contributed by atoms with van der Waals surface area (Å²) in [5, 5.41) is 3.49. The third-order valence-corrected chi connectivity index (χ3v) is 1.92. The van der Waals surface area contributed by atoms with Crippen molar-refractivity contribution < 1.29 is 0 Å². The molecule has 1 heteroatoms. The summed E-state index contributed by atoms with van der Waals surface area (Å²) in [7, 11) is 0. The average molecular weight is 127 g/mol. The lowest BCUT2D eigenvalue weighted by molar-refractivity contribution is 0.464. The van der Waals surface area contributed by atoms with Crippen LogP contribution in [0.4, 0.5) is 0 Å². The molecule has 0 amide bonds. The van der Waals surface area contributed by atoms with Crippen molar-refractivity contribution in [1.82, 2.24) is 5.32 Å². The maximum atomic E-state index is 3.49. The van der Waals surface area contributed by atoms with Gasteiger partial charge in [-0.05, 0) is 31.7 Å². The fourth-order valence-corrected chi connectivity index (χ4v) is 1.53. The molecule has 9 heavy (non-hydrogen) atoms. The van der Waals surface area contributed by atoms with Gasteiger partial charge in [0.05, 0.1) is 0 Å². The largest absolute Gasteiger partial charge is 0.314 e. The average Bonchev–Trinajstić information content (AvgIpc) is 2.15. The maximum Gasteiger partial charge on any atom is 0.00699 e. The normalized spacial score (nSPS) is 27.7. The molecule has 1 N–H and O–H groups in total. The molecule has 1 atom stereocenters. The molecule has 0 bridgehead atoms. The molecule has 0 aliphatic carbocycles. The van der Waals surface area contributed by atoms with Crippen LogP contribution in [-0.4, -0.2) is 12.6 Å². The van der Waals surface area contributed by atoms with Gasteiger partial charge in [0.25, 0.3) is 0 Å². The van der Waals surface area contributed by atoms with Gasteiger partial charge in [-0.15, -0.1) is 0 Å². The zero-order valence-corrected chi connectivity index (χ0v) is 6.48. The SMILES string of the molecule is CC(C)C[C@@H]1CCCN1. The molecule has 0 aromatic heterocycles. The summed E-state index contributed by atoms with van der Waals surface area (Å²) < 4.78 is 0. The lowest BCUT2D eigenvalue weighted by Gasteiger charge is -2.11. The van der Waals surface area contributed by atoms with Crippen LogP contribution >= 0.6 is 0 Å². The molecule has 1 aliphatic heterocycles. The third-order valence-electron chi connectivity index (χ3n) is 1.92. The van der Waals surface area contributed by atoms with E-state index in [1.165, 1.54) is 25.8 Å². The van der Waals surface area contributed by atoms with Gasteiger partial charge in [0.15, 0.2) is 0 Å². The molecule has 1 heterocycles. The first-order valence-corrected chi connectivity index (χ1v) is 4.02. The Kier molecular flexibility index (Phi) is 2.52. The van der Waals surface area contributed by atoms with E-state index in [1.54, 1.807) is 0 Å². The first kappa shape index (κ1) is 7.07. The first-order chi connectivity index (χ1) is 4.29. The number of hydrogen-bond donors (Lipinski definition) is 1. The molecule has 1 nitrogen and oxygen atoms in total. The van der Waals surface area contributed by atoms with E-state index >= 15 is 0 Å². The second-order valence-electron chi connectivity index (χ2n) is 3.42. The van der Waals surface area contributed by atoms with E-state index in [1.807, 2.05) is 0 Å². The Balaban J connectivity index is 2.11. The van der Waals surface area contributed by atoms with Crippen molar-refractivity contribution in [2.45, 2.75) is 39.2 Å². The first-order valence-electron chi connectivity index (χ1n) is 4.02. The fourth-order valence-electron chi connectivity index (χ4n) is 1.53. The van der Waals surface area contributed by atoms with Crippen LogP contribution in [0.2, 0.25) is 0 Å². The fraction of sp³-hybridized carbons (Fsp3) is 1.00. The van der Waals surface area contributed by atoms with Crippen molar-refractivity contribution in [1.29, 1.82) is 0 Å². The monoisotopic (exact) mass is 127 g/mol. The molecule has 1 fully saturated rings. The quantitative estimate of drug-likeness (QED) is 0.596. The number of hydrogen-bond acceptors (Lipinski definition) is 1. The van der Waals surface area contributed by atoms with E-state index in [0.717, 1.165) is 12.0 Å². The minimum atomic E-state index is 0.838. The van der Waals surface area contributed by atoms with Gasteiger partial charge in [-0.25, -0.2) is 0 Å². The molecular formula is C8H17N. The van der Waals surface area contributed by atoms with E-state index in [4.69, 9.17) is 0 Å². The Labute approximate surface area is 57.8 Å². The Morgan fingerprint density at radius 1 is 1.56 bits per heavy atom. The minimum absolute atomic E-state index is 0.838. The van der Waals surface area contributed by atoms with Crippen LogP contribution < -0.4 is 5.32 Å². The Morgan fingerprint density at radius 2 is 2.33 bits per heavy atom. The summed E-state index contributed by atoms with van der Waals surface area (Å²) in [5.74, 6) is 0.862. The van der Waals surface area contributed by atoms with Crippen molar-refractivity contribution >= 4 is 0 Å². The molecule has 0 radical (unpaired) electrons. The Morgan fingerprint density at radius 3 is 2.78 bits per heavy atom. The summed E-state index contributed by atoms with van der Waals surface area (Å²) in [6.45, 7) is 5.83. The zero-order valence-electron chi connectivity index (χ0n) is 6.48. The molecule has 0 unspecified atom stereocenters. The maximum absolute atomic E-state index is 3.49. The van der Waals surface area contributed by atoms with Crippen LogP contribution in [0, 0.1) is 5.92 Å². The highest BCUT2D eigenvalue weighted by Gasteiger charge is 2.14.